The number of nitrogens with zero attached hydrogens (tertiary/aromatic N) is 1. The number of benzene rings is 1. The fraction of sp³-hybridized carbons (Fsp3) is 0.364. The van der Waals surface area contributed by atoms with Gasteiger partial charge in [-0.25, -0.2) is 13.6 Å². The third-order valence-corrected chi connectivity index (χ3v) is 2.27. The summed E-state index contributed by atoms with van der Waals surface area (Å²) in [5.74, 6) is -0.514. The maximum atomic E-state index is 12.2. The van der Waals surface area contributed by atoms with Crippen molar-refractivity contribution in [1.29, 1.82) is 0 Å². The Hall–Kier alpha value is -1.85. The van der Waals surface area contributed by atoms with Crippen molar-refractivity contribution in [3.8, 4) is 0 Å². The number of nitrogen functional groups attached to an aromatic ring is 1. The number of esters is 1. The summed E-state index contributed by atoms with van der Waals surface area (Å²) < 4.78 is 28.9. The molecule has 4 nitrogen and oxygen atoms in total. The standard InChI is InChI=1S/C11H14F2N2O2/c1-15(6-10(12)13)9-4-3-7(5-8(9)14)11(16)17-2/h3-5,10H,6,14H2,1-2H3. The molecule has 6 heteroatoms. The number of alkyl halides is 2. The molecule has 0 fully saturated rings. The molecule has 0 aliphatic carbocycles. The summed E-state index contributed by atoms with van der Waals surface area (Å²) in [5, 5.41) is 0. The number of halogens is 2. The smallest absolute Gasteiger partial charge is 0.337 e. The summed E-state index contributed by atoms with van der Waals surface area (Å²) in [7, 11) is 2.77. The van der Waals surface area contributed by atoms with E-state index in [2.05, 4.69) is 4.74 Å². The van der Waals surface area contributed by atoms with E-state index in [0.717, 1.165) is 0 Å². The molecule has 0 aromatic heterocycles. The normalized spacial score (nSPS) is 10.4. The first-order valence-corrected chi connectivity index (χ1v) is 4.92. The molecule has 0 aliphatic heterocycles. The van der Waals surface area contributed by atoms with Crippen LogP contribution in [0.3, 0.4) is 0 Å². The van der Waals surface area contributed by atoms with Crippen molar-refractivity contribution in [1.82, 2.24) is 0 Å². The van der Waals surface area contributed by atoms with Gasteiger partial charge in [0.05, 0.1) is 30.6 Å². The van der Waals surface area contributed by atoms with Crippen LogP contribution in [0.15, 0.2) is 18.2 Å². The number of hydrogen-bond acceptors (Lipinski definition) is 4. The Balaban J connectivity index is 2.93. The zero-order valence-corrected chi connectivity index (χ0v) is 9.61. The van der Waals surface area contributed by atoms with Gasteiger partial charge in [-0.1, -0.05) is 0 Å². The van der Waals surface area contributed by atoms with Crippen molar-refractivity contribution in [2.75, 3.05) is 31.3 Å². The Morgan fingerprint density at radius 3 is 2.65 bits per heavy atom. The summed E-state index contributed by atoms with van der Waals surface area (Å²) in [6, 6.07) is 4.41. The zero-order chi connectivity index (χ0) is 13.0. The highest BCUT2D eigenvalue weighted by Crippen LogP contribution is 2.24. The van der Waals surface area contributed by atoms with Crippen LogP contribution in [0.1, 0.15) is 10.4 Å². The average Bonchev–Trinajstić information content (AvgIpc) is 2.26. The number of methoxy groups -OCH3 is 1. The maximum Gasteiger partial charge on any atom is 0.337 e. The lowest BCUT2D eigenvalue weighted by molar-refractivity contribution is 0.0600. The van der Waals surface area contributed by atoms with Gasteiger partial charge in [0.25, 0.3) is 6.43 Å². The summed E-state index contributed by atoms with van der Waals surface area (Å²) in [5.41, 5.74) is 6.70. The van der Waals surface area contributed by atoms with Crippen LogP contribution in [0.2, 0.25) is 0 Å². The molecule has 0 heterocycles. The second-order valence-electron chi connectivity index (χ2n) is 3.54. The van der Waals surface area contributed by atoms with Crippen molar-refractivity contribution in [2.45, 2.75) is 6.43 Å². The minimum absolute atomic E-state index is 0.260. The minimum Gasteiger partial charge on any atom is -0.465 e. The minimum atomic E-state index is -2.44. The zero-order valence-electron chi connectivity index (χ0n) is 9.61. The van der Waals surface area contributed by atoms with E-state index < -0.39 is 18.9 Å². The van der Waals surface area contributed by atoms with Gasteiger partial charge in [-0.2, -0.15) is 0 Å². The fourth-order valence-corrected chi connectivity index (χ4v) is 1.45. The second kappa shape index (κ2) is 5.47. The highest BCUT2D eigenvalue weighted by Gasteiger charge is 2.13. The van der Waals surface area contributed by atoms with E-state index in [1.807, 2.05) is 0 Å². The Labute approximate surface area is 98.0 Å². The summed E-state index contributed by atoms with van der Waals surface area (Å²) in [4.78, 5) is 12.5. The van der Waals surface area contributed by atoms with Crippen molar-refractivity contribution < 1.29 is 18.3 Å². The van der Waals surface area contributed by atoms with Gasteiger partial charge in [0.1, 0.15) is 0 Å². The van der Waals surface area contributed by atoms with E-state index in [1.54, 1.807) is 0 Å². The molecule has 94 valence electrons. The molecule has 0 unspecified atom stereocenters. The van der Waals surface area contributed by atoms with Crippen LogP contribution < -0.4 is 10.6 Å². The molecule has 0 bridgehead atoms. The fourth-order valence-electron chi connectivity index (χ4n) is 1.45. The molecule has 0 saturated heterocycles. The Bertz CT molecular complexity index is 410. The van der Waals surface area contributed by atoms with E-state index >= 15 is 0 Å². The number of nitrogens with two attached hydrogens (primary N) is 1. The topological polar surface area (TPSA) is 55.6 Å². The van der Waals surface area contributed by atoms with Crippen LogP contribution in [0.5, 0.6) is 0 Å². The summed E-state index contributed by atoms with van der Waals surface area (Å²) in [6.45, 7) is -0.415. The molecule has 0 saturated carbocycles. The van der Waals surface area contributed by atoms with Gasteiger partial charge >= 0.3 is 5.97 Å². The number of carbonyl (C=O) groups is 1. The van der Waals surface area contributed by atoms with Crippen LogP contribution in [0.25, 0.3) is 0 Å². The SMILES string of the molecule is COC(=O)c1ccc(N(C)CC(F)F)c(N)c1. The first kappa shape index (κ1) is 13.2. The molecule has 17 heavy (non-hydrogen) atoms. The van der Waals surface area contributed by atoms with Crippen molar-refractivity contribution in [3.05, 3.63) is 23.8 Å². The van der Waals surface area contributed by atoms with Crippen molar-refractivity contribution in [3.63, 3.8) is 0 Å². The molecule has 0 atom stereocenters. The van der Waals surface area contributed by atoms with Gasteiger partial charge in [0.2, 0.25) is 0 Å². The van der Waals surface area contributed by atoms with Crippen LogP contribution >= 0.6 is 0 Å². The van der Waals surface area contributed by atoms with E-state index in [0.29, 0.717) is 11.3 Å². The van der Waals surface area contributed by atoms with E-state index in [1.165, 1.54) is 37.3 Å². The predicted molar refractivity (Wildman–Crippen MR) is 61.5 cm³/mol. The highest BCUT2D eigenvalue weighted by atomic mass is 19.3. The number of carbonyl (C=O) groups excluding carboxylic acids is 1. The molecular weight excluding hydrogens is 230 g/mol. The van der Waals surface area contributed by atoms with E-state index in [4.69, 9.17) is 5.73 Å². The predicted octanol–water partition coefficient (Wildman–Crippen LogP) is 1.76. The van der Waals surface area contributed by atoms with Gasteiger partial charge in [-0.3, -0.25) is 0 Å². The van der Waals surface area contributed by atoms with Gasteiger partial charge in [0.15, 0.2) is 0 Å². The number of hydrogen-bond donors (Lipinski definition) is 1. The summed E-state index contributed by atoms with van der Waals surface area (Å²) >= 11 is 0. The lowest BCUT2D eigenvalue weighted by Crippen LogP contribution is -2.25. The molecule has 1 rings (SSSR count). The van der Waals surface area contributed by atoms with Crippen LogP contribution in [0.4, 0.5) is 20.2 Å². The molecule has 0 amide bonds. The Kier molecular flexibility index (Phi) is 4.25. The molecule has 1 aromatic rings. The lowest BCUT2D eigenvalue weighted by Gasteiger charge is -2.20. The quantitative estimate of drug-likeness (QED) is 0.647. The van der Waals surface area contributed by atoms with Gasteiger partial charge in [-0.05, 0) is 18.2 Å². The Morgan fingerprint density at radius 2 is 2.18 bits per heavy atom. The lowest BCUT2D eigenvalue weighted by atomic mass is 10.1. The van der Waals surface area contributed by atoms with Crippen LogP contribution in [0, 0.1) is 0 Å². The average molecular weight is 244 g/mol. The maximum absolute atomic E-state index is 12.2. The molecule has 0 spiro atoms. The highest BCUT2D eigenvalue weighted by molar-refractivity contribution is 5.91. The monoisotopic (exact) mass is 244 g/mol. The third-order valence-electron chi connectivity index (χ3n) is 2.27. The molecule has 2 N–H and O–H groups in total. The second-order valence-corrected chi connectivity index (χ2v) is 3.54. The molecular formula is C11H14F2N2O2. The van der Waals surface area contributed by atoms with Gasteiger partial charge < -0.3 is 15.4 Å². The Morgan fingerprint density at radius 1 is 1.53 bits per heavy atom. The number of rotatable bonds is 4. The van der Waals surface area contributed by atoms with Crippen LogP contribution in [-0.4, -0.2) is 33.1 Å². The number of anilines is 2. The summed E-state index contributed by atoms with van der Waals surface area (Å²) in [6.07, 6.45) is -2.44. The molecule has 1 aromatic carbocycles. The molecule has 0 aliphatic rings. The van der Waals surface area contributed by atoms with Crippen molar-refractivity contribution >= 4 is 17.3 Å². The van der Waals surface area contributed by atoms with Gasteiger partial charge in [0, 0.05) is 7.05 Å². The van der Waals surface area contributed by atoms with Crippen LogP contribution in [-0.2, 0) is 4.74 Å². The van der Waals surface area contributed by atoms with E-state index in [9.17, 15) is 13.6 Å². The largest absolute Gasteiger partial charge is 0.465 e. The third kappa shape index (κ3) is 3.30. The van der Waals surface area contributed by atoms with E-state index in [-0.39, 0.29) is 5.69 Å². The first-order chi connectivity index (χ1) is 7.95. The van der Waals surface area contributed by atoms with Crippen molar-refractivity contribution in [2.24, 2.45) is 0 Å². The molecule has 0 radical (unpaired) electrons. The van der Waals surface area contributed by atoms with Gasteiger partial charge in [-0.15, -0.1) is 0 Å². The number of ether oxygens (including phenoxy) is 1. The first-order valence-electron chi connectivity index (χ1n) is 4.92.